The lowest BCUT2D eigenvalue weighted by Gasteiger charge is -2.36. The standard InChI is InChI=1S/C11H23NO/c1-8(2)10(13)9(3)12(7)11(4,5)6/h8-9H,1-7H3. The average molecular weight is 185 g/mol. The molecule has 2 nitrogen and oxygen atoms in total. The van der Waals surface area contributed by atoms with Crippen LogP contribution in [0, 0.1) is 5.92 Å². The number of carbonyl (C=O) groups is 1. The monoisotopic (exact) mass is 185 g/mol. The summed E-state index contributed by atoms with van der Waals surface area (Å²) in [7, 11) is 2.00. The molecule has 0 aliphatic heterocycles. The summed E-state index contributed by atoms with van der Waals surface area (Å²) in [5.74, 6) is 0.442. The van der Waals surface area contributed by atoms with Gasteiger partial charge in [-0.15, -0.1) is 0 Å². The zero-order chi connectivity index (χ0) is 10.8. The molecule has 0 heterocycles. The van der Waals surface area contributed by atoms with Crippen LogP contribution in [0.15, 0.2) is 0 Å². The van der Waals surface area contributed by atoms with Gasteiger partial charge in [-0.25, -0.2) is 0 Å². The van der Waals surface area contributed by atoms with E-state index < -0.39 is 0 Å². The second-order valence-corrected chi connectivity index (χ2v) is 5.01. The molecule has 0 aliphatic rings. The molecule has 0 saturated heterocycles. The summed E-state index contributed by atoms with van der Waals surface area (Å²) in [6, 6.07) is 0.0139. The van der Waals surface area contributed by atoms with Gasteiger partial charge in [0.2, 0.25) is 0 Å². The topological polar surface area (TPSA) is 20.3 Å². The maximum absolute atomic E-state index is 11.7. The van der Waals surface area contributed by atoms with E-state index >= 15 is 0 Å². The van der Waals surface area contributed by atoms with Gasteiger partial charge in [0.05, 0.1) is 6.04 Å². The molecule has 0 aromatic heterocycles. The van der Waals surface area contributed by atoms with Gasteiger partial charge in [0.25, 0.3) is 0 Å². The Labute approximate surface area is 82.3 Å². The van der Waals surface area contributed by atoms with Crippen molar-refractivity contribution in [3.8, 4) is 0 Å². The number of nitrogens with zero attached hydrogens (tertiary/aromatic N) is 1. The zero-order valence-electron chi connectivity index (χ0n) is 10.0. The van der Waals surface area contributed by atoms with Gasteiger partial charge >= 0.3 is 0 Å². The lowest BCUT2D eigenvalue weighted by Crippen LogP contribution is -2.48. The first-order chi connectivity index (χ1) is 5.68. The Morgan fingerprint density at radius 3 is 1.77 bits per heavy atom. The number of hydrogen-bond donors (Lipinski definition) is 0. The van der Waals surface area contributed by atoms with Gasteiger partial charge in [-0.05, 0) is 34.7 Å². The van der Waals surface area contributed by atoms with Gasteiger partial charge in [-0.2, -0.15) is 0 Å². The molecule has 0 aromatic rings. The summed E-state index contributed by atoms with van der Waals surface area (Å²) in [6.45, 7) is 12.3. The van der Waals surface area contributed by atoms with Crippen molar-refractivity contribution in [2.75, 3.05) is 7.05 Å². The number of rotatable bonds is 3. The van der Waals surface area contributed by atoms with Gasteiger partial charge in [-0.3, -0.25) is 9.69 Å². The molecule has 0 amide bonds. The van der Waals surface area contributed by atoms with E-state index in [1.807, 2.05) is 27.8 Å². The minimum Gasteiger partial charge on any atom is -0.298 e. The van der Waals surface area contributed by atoms with Crippen molar-refractivity contribution in [3.05, 3.63) is 0 Å². The third kappa shape index (κ3) is 3.47. The first-order valence-corrected chi connectivity index (χ1v) is 4.94. The second kappa shape index (κ2) is 4.23. The van der Waals surface area contributed by atoms with Gasteiger partial charge in [-0.1, -0.05) is 13.8 Å². The van der Waals surface area contributed by atoms with Gasteiger partial charge in [0.1, 0.15) is 0 Å². The first-order valence-electron chi connectivity index (χ1n) is 4.94. The van der Waals surface area contributed by atoms with E-state index in [-0.39, 0.29) is 17.5 Å². The maximum atomic E-state index is 11.7. The van der Waals surface area contributed by atoms with E-state index in [0.717, 1.165) is 0 Å². The van der Waals surface area contributed by atoms with E-state index in [2.05, 4.69) is 25.7 Å². The normalized spacial score (nSPS) is 15.2. The highest BCUT2D eigenvalue weighted by Gasteiger charge is 2.27. The highest BCUT2D eigenvalue weighted by molar-refractivity contribution is 5.85. The van der Waals surface area contributed by atoms with Crippen LogP contribution in [0.1, 0.15) is 41.5 Å². The summed E-state index contributed by atoms with van der Waals surface area (Å²) in [6.07, 6.45) is 0. The molecule has 0 radical (unpaired) electrons. The summed E-state index contributed by atoms with van der Waals surface area (Å²) in [5, 5.41) is 0. The number of carbonyl (C=O) groups excluding carboxylic acids is 1. The molecule has 0 saturated carbocycles. The Hall–Kier alpha value is -0.370. The fraction of sp³-hybridized carbons (Fsp3) is 0.909. The quantitative estimate of drug-likeness (QED) is 0.672. The molecule has 1 atom stereocenters. The summed E-state index contributed by atoms with van der Waals surface area (Å²) < 4.78 is 0. The van der Waals surface area contributed by atoms with E-state index in [1.54, 1.807) is 0 Å². The molecule has 0 N–H and O–H groups in total. The van der Waals surface area contributed by atoms with Gasteiger partial charge in [0.15, 0.2) is 5.78 Å². The average Bonchev–Trinajstić information content (AvgIpc) is 1.98. The Morgan fingerprint density at radius 2 is 1.54 bits per heavy atom. The lowest BCUT2D eigenvalue weighted by molar-refractivity contribution is -0.127. The minimum atomic E-state index is 0.0139. The molecule has 0 rings (SSSR count). The Balaban J connectivity index is 4.43. The molecule has 2 heteroatoms. The summed E-state index contributed by atoms with van der Waals surface area (Å²) in [5.41, 5.74) is 0.0595. The molecule has 1 unspecified atom stereocenters. The van der Waals surface area contributed by atoms with Crippen LogP contribution in [-0.4, -0.2) is 29.3 Å². The SMILES string of the molecule is CC(C)C(=O)C(C)N(C)C(C)(C)C. The van der Waals surface area contributed by atoms with Crippen LogP contribution in [-0.2, 0) is 4.79 Å². The molecule has 0 aliphatic carbocycles. The molecule has 78 valence electrons. The Bertz CT molecular complexity index is 179. The van der Waals surface area contributed by atoms with Crippen LogP contribution >= 0.6 is 0 Å². The predicted molar refractivity (Wildman–Crippen MR) is 56.8 cm³/mol. The predicted octanol–water partition coefficient (Wildman–Crippen LogP) is 2.33. The van der Waals surface area contributed by atoms with Gasteiger partial charge < -0.3 is 0 Å². The van der Waals surface area contributed by atoms with Crippen LogP contribution < -0.4 is 0 Å². The van der Waals surface area contributed by atoms with E-state index in [0.29, 0.717) is 5.78 Å². The fourth-order valence-electron chi connectivity index (χ4n) is 1.25. The Morgan fingerprint density at radius 1 is 1.15 bits per heavy atom. The van der Waals surface area contributed by atoms with Crippen molar-refractivity contribution in [1.82, 2.24) is 4.90 Å². The first kappa shape index (κ1) is 12.6. The largest absolute Gasteiger partial charge is 0.298 e. The lowest BCUT2D eigenvalue weighted by atomic mass is 9.97. The minimum absolute atomic E-state index is 0.0139. The van der Waals surface area contributed by atoms with Crippen molar-refractivity contribution in [2.45, 2.75) is 53.1 Å². The Kier molecular flexibility index (Phi) is 4.11. The van der Waals surface area contributed by atoms with E-state index in [9.17, 15) is 4.79 Å². The smallest absolute Gasteiger partial charge is 0.152 e. The zero-order valence-corrected chi connectivity index (χ0v) is 10.0. The molecular weight excluding hydrogens is 162 g/mol. The molecular formula is C11H23NO. The molecule has 0 bridgehead atoms. The molecule has 13 heavy (non-hydrogen) atoms. The van der Waals surface area contributed by atoms with Crippen LogP contribution in [0.2, 0.25) is 0 Å². The number of Topliss-reactive ketones (excluding diaryl/α,β-unsaturated/α-hetero) is 1. The third-order valence-electron chi connectivity index (χ3n) is 2.62. The number of hydrogen-bond acceptors (Lipinski definition) is 2. The van der Waals surface area contributed by atoms with Crippen LogP contribution in [0.5, 0.6) is 0 Å². The molecule has 0 aromatic carbocycles. The fourth-order valence-corrected chi connectivity index (χ4v) is 1.25. The maximum Gasteiger partial charge on any atom is 0.152 e. The van der Waals surface area contributed by atoms with Gasteiger partial charge in [0, 0.05) is 11.5 Å². The van der Waals surface area contributed by atoms with Crippen LogP contribution in [0.3, 0.4) is 0 Å². The highest BCUT2D eigenvalue weighted by Crippen LogP contribution is 2.16. The highest BCUT2D eigenvalue weighted by atomic mass is 16.1. The molecule has 0 fully saturated rings. The third-order valence-corrected chi connectivity index (χ3v) is 2.62. The van der Waals surface area contributed by atoms with Crippen molar-refractivity contribution < 1.29 is 4.79 Å². The van der Waals surface area contributed by atoms with E-state index in [1.165, 1.54) is 0 Å². The van der Waals surface area contributed by atoms with Crippen molar-refractivity contribution in [3.63, 3.8) is 0 Å². The van der Waals surface area contributed by atoms with Crippen molar-refractivity contribution >= 4 is 5.78 Å². The number of ketones is 1. The van der Waals surface area contributed by atoms with Crippen LogP contribution in [0.4, 0.5) is 0 Å². The summed E-state index contributed by atoms with van der Waals surface area (Å²) >= 11 is 0. The van der Waals surface area contributed by atoms with Crippen molar-refractivity contribution in [1.29, 1.82) is 0 Å². The van der Waals surface area contributed by atoms with Crippen LogP contribution in [0.25, 0.3) is 0 Å². The van der Waals surface area contributed by atoms with E-state index in [4.69, 9.17) is 0 Å². The second-order valence-electron chi connectivity index (χ2n) is 5.01. The van der Waals surface area contributed by atoms with Crippen molar-refractivity contribution in [2.24, 2.45) is 5.92 Å². The molecule has 0 spiro atoms. The summed E-state index contributed by atoms with van der Waals surface area (Å²) in [4.78, 5) is 13.8. The number of likely N-dealkylation sites (N-methyl/N-ethyl adjacent to an activating group) is 1.